The van der Waals surface area contributed by atoms with Crippen LogP contribution in [0.25, 0.3) is 0 Å². The second-order valence-corrected chi connectivity index (χ2v) is 5.18. The van der Waals surface area contributed by atoms with Crippen molar-refractivity contribution in [2.45, 2.75) is 27.0 Å². The minimum Gasteiger partial charge on any atom is -0.489 e. The molecular weight excluding hydrogens is 270 g/mol. The molecule has 2 aromatic rings. The normalized spacial score (nSPS) is 10.6. The van der Waals surface area contributed by atoms with Crippen LogP contribution >= 0.6 is 11.6 Å². The lowest BCUT2D eigenvalue weighted by Crippen LogP contribution is -2.13. The minimum absolute atomic E-state index is 0.555. The third kappa shape index (κ3) is 3.99. The Morgan fingerprint density at radius 2 is 1.85 bits per heavy atom. The molecule has 0 saturated heterocycles. The van der Waals surface area contributed by atoms with Crippen LogP contribution in [0.2, 0.25) is 5.02 Å². The Morgan fingerprint density at radius 3 is 2.55 bits per heavy atom. The molecule has 0 saturated carbocycles. The summed E-state index contributed by atoms with van der Waals surface area (Å²) in [7, 11) is 0. The van der Waals surface area contributed by atoms with Gasteiger partial charge in [0.25, 0.3) is 0 Å². The molecule has 0 bridgehead atoms. The van der Waals surface area contributed by atoms with Crippen LogP contribution in [0, 0.1) is 6.92 Å². The van der Waals surface area contributed by atoms with Crippen LogP contribution in [0.5, 0.6) is 5.75 Å². The summed E-state index contributed by atoms with van der Waals surface area (Å²) < 4.78 is 5.92. The molecule has 0 fully saturated rings. The first-order valence-electron chi connectivity index (χ1n) is 6.87. The molecule has 0 radical (unpaired) electrons. The summed E-state index contributed by atoms with van der Waals surface area (Å²) in [5.74, 6) is 0.846. The zero-order valence-corrected chi connectivity index (χ0v) is 12.7. The first-order chi connectivity index (χ1) is 9.70. The van der Waals surface area contributed by atoms with Gasteiger partial charge in [0.15, 0.2) is 0 Å². The average molecular weight is 290 g/mol. The third-order valence-electron chi connectivity index (χ3n) is 3.14. The van der Waals surface area contributed by atoms with Crippen molar-refractivity contribution < 1.29 is 4.74 Å². The van der Waals surface area contributed by atoms with Gasteiger partial charge in [0.1, 0.15) is 12.4 Å². The molecule has 2 nitrogen and oxygen atoms in total. The van der Waals surface area contributed by atoms with Crippen LogP contribution in [0.3, 0.4) is 0 Å². The van der Waals surface area contributed by atoms with Crippen molar-refractivity contribution in [1.82, 2.24) is 5.32 Å². The number of hydrogen-bond acceptors (Lipinski definition) is 2. The number of halogens is 1. The summed E-state index contributed by atoms with van der Waals surface area (Å²) in [6, 6.07) is 14.1. The molecule has 0 aliphatic heterocycles. The summed E-state index contributed by atoms with van der Waals surface area (Å²) in [6.07, 6.45) is 0. The minimum atomic E-state index is 0.555. The molecule has 3 heteroatoms. The van der Waals surface area contributed by atoms with Crippen molar-refractivity contribution in [2.24, 2.45) is 0 Å². The molecule has 106 valence electrons. The highest BCUT2D eigenvalue weighted by Crippen LogP contribution is 2.27. The van der Waals surface area contributed by atoms with Gasteiger partial charge in [0, 0.05) is 17.1 Å². The zero-order valence-electron chi connectivity index (χ0n) is 11.9. The summed E-state index contributed by atoms with van der Waals surface area (Å²) in [6.45, 7) is 6.33. The van der Waals surface area contributed by atoms with Gasteiger partial charge in [-0.2, -0.15) is 0 Å². The maximum atomic E-state index is 6.25. The molecule has 0 amide bonds. The number of nitrogens with one attached hydrogen (secondary N) is 1. The number of rotatable bonds is 6. The summed E-state index contributed by atoms with van der Waals surface area (Å²) >= 11 is 6.25. The van der Waals surface area contributed by atoms with Crippen molar-refractivity contribution >= 4 is 11.6 Å². The fourth-order valence-electron chi connectivity index (χ4n) is 1.94. The van der Waals surface area contributed by atoms with Gasteiger partial charge in [-0.05, 0) is 31.2 Å². The van der Waals surface area contributed by atoms with Crippen molar-refractivity contribution in [3.8, 4) is 5.75 Å². The van der Waals surface area contributed by atoms with Gasteiger partial charge in [0.2, 0.25) is 0 Å². The van der Waals surface area contributed by atoms with E-state index in [0.717, 1.165) is 35.0 Å². The zero-order chi connectivity index (χ0) is 14.4. The standard InChI is InChI=1S/C17H20ClNO/c1-3-19-11-15-16(18)5-4-6-17(15)20-12-14-9-7-13(2)8-10-14/h4-10,19H,3,11-12H2,1-2H3. The third-order valence-corrected chi connectivity index (χ3v) is 3.50. The first-order valence-corrected chi connectivity index (χ1v) is 7.25. The molecule has 1 N–H and O–H groups in total. The second-order valence-electron chi connectivity index (χ2n) is 4.77. The molecule has 0 aliphatic rings. The fourth-order valence-corrected chi connectivity index (χ4v) is 2.17. The van der Waals surface area contributed by atoms with Crippen molar-refractivity contribution in [3.63, 3.8) is 0 Å². The van der Waals surface area contributed by atoms with E-state index in [1.807, 2.05) is 18.2 Å². The molecule has 0 aromatic heterocycles. The Morgan fingerprint density at radius 1 is 1.10 bits per heavy atom. The highest BCUT2D eigenvalue weighted by Gasteiger charge is 2.07. The Labute approximate surface area is 125 Å². The smallest absolute Gasteiger partial charge is 0.125 e. The maximum Gasteiger partial charge on any atom is 0.125 e. The number of hydrogen-bond donors (Lipinski definition) is 1. The molecule has 2 rings (SSSR count). The molecule has 0 heterocycles. The van der Waals surface area contributed by atoms with Gasteiger partial charge in [-0.25, -0.2) is 0 Å². The molecule has 0 atom stereocenters. The van der Waals surface area contributed by atoms with Gasteiger partial charge in [-0.1, -0.05) is 54.4 Å². The molecule has 0 aliphatic carbocycles. The Hall–Kier alpha value is -1.51. The monoisotopic (exact) mass is 289 g/mol. The number of ether oxygens (including phenoxy) is 1. The van der Waals surface area contributed by atoms with E-state index in [9.17, 15) is 0 Å². The highest BCUT2D eigenvalue weighted by atomic mass is 35.5. The molecular formula is C17H20ClNO. The van der Waals surface area contributed by atoms with Crippen molar-refractivity contribution in [1.29, 1.82) is 0 Å². The van der Waals surface area contributed by atoms with E-state index in [2.05, 4.69) is 43.4 Å². The topological polar surface area (TPSA) is 21.3 Å². The fraction of sp³-hybridized carbons (Fsp3) is 0.294. The largest absolute Gasteiger partial charge is 0.489 e. The van der Waals surface area contributed by atoms with Gasteiger partial charge in [0.05, 0.1) is 0 Å². The Balaban J connectivity index is 2.08. The van der Waals surface area contributed by atoms with E-state index in [-0.39, 0.29) is 0 Å². The van der Waals surface area contributed by atoms with Crippen LogP contribution < -0.4 is 10.1 Å². The lowest BCUT2D eigenvalue weighted by molar-refractivity contribution is 0.302. The second kappa shape index (κ2) is 7.32. The van der Waals surface area contributed by atoms with Gasteiger partial charge < -0.3 is 10.1 Å². The van der Waals surface area contributed by atoms with Crippen LogP contribution in [0.4, 0.5) is 0 Å². The number of aryl methyl sites for hydroxylation is 1. The van der Waals surface area contributed by atoms with Crippen LogP contribution in [0.15, 0.2) is 42.5 Å². The van der Waals surface area contributed by atoms with Gasteiger partial charge in [-0.15, -0.1) is 0 Å². The maximum absolute atomic E-state index is 6.25. The predicted molar refractivity (Wildman–Crippen MR) is 84.3 cm³/mol. The molecule has 0 spiro atoms. The highest BCUT2D eigenvalue weighted by molar-refractivity contribution is 6.31. The van der Waals surface area contributed by atoms with Crippen LogP contribution in [-0.4, -0.2) is 6.54 Å². The Bertz CT molecular complexity index is 551. The van der Waals surface area contributed by atoms with Gasteiger partial charge in [-0.3, -0.25) is 0 Å². The van der Waals surface area contributed by atoms with Crippen LogP contribution in [0.1, 0.15) is 23.6 Å². The Kier molecular flexibility index (Phi) is 5.45. The van der Waals surface area contributed by atoms with Crippen LogP contribution in [-0.2, 0) is 13.2 Å². The van der Waals surface area contributed by atoms with Crippen molar-refractivity contribution in [3.05, 3.63) is 64.2 Å². The van der Waals surface area contributed by atoms with E-state index in [4.69, 9.17) is 16.3 Å². The molecule has 20 heavy (non-hydrogen) atoms. The molecule has 2 aromatic carbocycles. The SMILES string of the molecule is CCNCc1c(Cl)cccc1OCc1ccc(C)cc1. The molecule has 0 unspecified atom stereocenters. The van der Waals surface area contributed by atoms with E-state index in [0.29, 0.717) is 6.61 Å². The van der Waals surface area contributed by atoms with E-state index in [1.54, 1.807) is 0 Å². The van der Waals surface area contributed by atoms with Gasteiger partial charge >= 0.3 is 0 Å². The number of benzene rings is 2. The lowest BCUT2D eigenvalue weighted by atomic mass is 10.1. The summed E-state index contributed by atoms with van der Waals surface area (Å²) in [5.41, 5.74) is 3.43. The average Bonchev–Trinajstić information content (AvgIpc) is 2.46. The summed E-state index contributed by atoms with van der Waals surface area (Å²) in [5, 5.41) is 4.03. The summed E-state index contributed by atoms with van der Waals surface area (Å²) in [4.78, 5) is 0. The van der Waals surface area contributed by atoms with Crippen molar-refractivity contribution in [2.75, 3.05) is 6.54 Å². The quantitative estimate of drug-likeness (QED) is 0.854. The lowest BCUT2D eigenvalue weighted by Gasteiger charge is -2.13. The van der Waals surface area contributed by atoms with E-state index >= 15 is 0 Å². The predicted octanol–water partition coefficient (Wildman–Crippen LogP) is 4.34. The van der Waals surface area contributed by atoms with E-state index < -0.39 is 0 Å². The van der Waals surface area contributed by atoms with E-state index in [1.165, 1.54) is 5.56 Å². The first kappa shape index (κ1) is 14.9.